The van der Waals surface area contributed by atoms with E-state index in [2.05, 4.69) is 24.3 Å². The monoisotopic (exact) mass is 283 g/mol. The topological polar surface area (TPSA) is 50.8 Å². The molecule has 0 aliphatic carbocycles. The van der Waals surface area contributed by atoms with E-state index in [0.717, 1.165) is 42.7 Å². The van der Waals surface area contributed by atoms with E-state index in [9.17, 15) is 5.26 Å². The standard InChI is InChI=1S/C17H21N3O/c1-3-16(17-8-5-4-7-14(17)11-18)15-12-19-20(13-15)9-6-10-21-2/h4-5,7-8,12-13,16H,3,6,9-10H2,1-2H3/t16-/m0/s1. The number of rotatable bonds is 7. The van der Waals surface area contributed by atoms with Crippen molar-refractivity contribution in [3.8, 4) is 6.07 Å². The van der Waals surface area contributed by atoms with E-state index in [1.807, 2.05) is 35.1 Å². The number of hydrogen-bond donors (Lipinski definition) is 0. The van der Waals surface area contributed by atoms with Crippen molar-refractivity contribution in [2.45, 2.75) is 32.2 Å². The maximum absolute atomic E-state index is 9.27. The van der Waals surface area contributed by atoms with Gasteiger partial charge in [-0.1, -0.05) is 25.1 Å². The highest BCUT2D eigenvalue weighted by Crippen LogP contribution is 2.29. The summed E-state index contributed by atoms with van der Waals surface area (Å²) in [7, 11) is 1.71. The average molecular weight is 283 g/mol. The molecule has 2 aromatic rings. The second-order valence-corrected chi connectivity index (χ2v) is 5.04. The van der Waals surface area contributed by atoms with E-state index in [1.165, 1.54) is 0 Å². The molecule has 2 rings (SSSR count). The number of hydrogen-bond acceptors (Lipinski definition) is 3. The molecule has 0 amide bonds. The van der Waals surface area contributed by atoms with Crippen LogP contribution in [0.5, 0.6) is 0 Å². The third-order valence-electron chi connectivity index (χ3n) is 3.66. The second-order valence-electron chi connectivity index (χ2n) is 5.04. The van der Waals surface area contributed by atoms with Gasteiger partial charge in [-0.15, -0.1) is 0 Å². The Morgan fingerprint density at radius 1 is 1.38 bits per heavy atom. The molecule has 0 aliphatic heterocycles. The van der Waals surface area contributed by atoms with E-state index >= 15 is 0 Å². The summed E-state index contributed by atoms with van der Waals surface area (Å²) < 4.78 is 7.01. The predicted molar refractivity (Wildman–Crippen MR) is 82.0 cm³/mol. The molecule has 1 aromatic carbocycles. The lowest BCUT2D eigenvalue weighted by Gasteiger charge is -2.14. The molecule has 0 N–H and O–H groups in total. The van der Waals surface area contributed by atoms with Gasteiger partial charge in [0.2, 0.25) is 0 Å². The molecule has 0 saturated carbocycles. The van der Waals surface area contributed by atoms with Gasteiger partial charge in [-0.25, -0.2) is 0 Å². The van der Waals surface area contributed by atoms with Gasteiger partial charge in [-0.3, -0.25) is 4.68 Å². The number of aromatic nitrogens is 2. The lowest BCUT2D eigenvalue weighted by molar-refractivity contribution is 0.189. The molecule has 21 heavy (non-hydrogen) atoms. The van der Waals surface area contributed by atoms with E-state index in [-0.39, 0.29) is 5.92 Å². The van der Waals surface area contributed by atoms with Crippen LogP contribution in [-0.4, -0.2) is 23.5 Å². The van der Waals surface area contributed by atoms with Crippen molar-refractivity contribution in [3.63, 3.8) is 0 Å². The van der Waals surface area contributed by atoms with Gasteiger partial charge in [0.1, 0.15) is 0 Å². The van der Waals surface area contributed by atoms with Crippen LogP contribution in [-0.2, 0) is 11.3 Å². The van der Waals surface area contributed by atoms with Crippen LogP contribution in [0.1, 0.15) is 42.4 Å². The molecule has 0 radical (unpaired) electrons. The van der Waals surface area contributed by atoms with Crippen LogP contribution >= 0.6 is 0 Å². The Labute approximate surface area is 126 Å². The lowest BCUT2D eigenvalue weighted by atomic mass is 9.88. The molecule has 4 heteroatoms. The van der Waals surface area contributed by atoms with Gasteiger partial charge in [0, 0.05) is 32.4 Å². The van der Waals surface area contributed by atoms with Crippen molar-refractivity contribution in [1.82, 2.24) is 9.78 Å². The third-order valence-corrected chi connectivity index (χ3v) is 3.66. The molecule has 0 fully saturated rings. The van der Waals surface area contributed by atoms with Crippen molar-refractivity contribution >= 4 is 0 Å². The first-order valence-corrected chi connectivity index (χ1v) is 7.30. The Hall–Kier alpha value is -2.12. The van der Waals surface area contributed by atoms with E-state index in [0.29, 0.717) is 0 Å². The average Bonchev–Trinajstić information content (AvgIpc) is 2.97. The molecule has 1 atom stereocenters. The maximum atomic E-state index is 9.27. The summed E-state index contributed by atoms with van der Waals surface area (Å²) >= 11 is 0. The van der Waals surface area contributed by atoms with Gasteiger partial charge < -0.3 is 4.74 Å². The van der Waals surface area contributed by atoms with Gasteiger partial charge >= 0.3 is 0 Å². The van der Waals surface area contributed by atoms with Crippen LogP contribution in [0, 0.1) is 11.3 Å². The van der Waals surface area contributed by atoms with Crippen molar-refractivity contribution in [1.29, 1.82) is 5.26 Å². The van der Waals surface area contributed by atoms with E-state index in [1.54, 1.807) is 7.11 Å². The SMILES string of the molecule is CC[C@@H](c1cnn(CCCOC)c1)c1ccccc1C#N. The van der Waals surface area contributed by atoms with Crippen LogP contribution in [0.25, 0.3) is 0 Å². The quantitative estimate of drug-likeness (QED) is 0.732. The fourth-order valence-electron chi connectivity index (χ4n) is 2.59. The summed E-state index contributed by atoms with van der Waals surface area (Å²) in [5.41, 5.74) is 2.99. The Morgan fingerprint density at radius 2 is 2.19 bits per heavy atom. The first kappa shape index (κ1) is 15.3. The van der Waals surface area contributed by atoms with E-state index in [4.69, 9.17) is 4.74 Å². The molecule has 1 heterocycles. The summed E-state index contributed by atoms with van der Waals surface area (Å²) in [6.45, 7) is 3.73. The summed E-state index contributed by atoms with van der Waals surface area (Å²) in [6, 6.07) is 10.1. The molecule has 0 unspecified atom stereocenters. The number of nitrogens with zero attached hydrogens (tertiary/aromatic N) is 3. The van der Waals surface area contributed by atoms with Crippen molar-refractivity contribution in [2.75, 3.05) is 13.7 Å². The number of methoxy groups -OCH3 is 1. The minimum atomic E-state index is 0.219. The Kier molecular flexibility index (Phi) is 5.53. The fraction of sp³-hybridized carbons (Fsp3) is 0.412. The molecule has 1 aromatic heterocycles. The zero-order valence-electron chi connectivity index (χ0n) is 12.6. The third kappa shape index (κ3) is 3.71. The zero-order valence-corrected chi connectivity index (χ0v) is 12.6. The molecule has 0 saturated heterocycles. The first-order valence-electron chi connectivity index (χ1n) is 7.30. The molecule has 4 nitrogen and oxygen atoms in total. The predicted octanol–water partition coefficient (Wildman–Crippen LogP) is 3.33. The normalized spacial score (nSPS) is 12.0. The highest BCUT2D eigenvalue weighted by Gasteiger charge is 2.17. The number of benzene rings is 1. The summed E-state index contributed by atoms with van der Waals surface area (Å²) in [5.74, 6) is 0.219. The highest BCUT2D eigenvalue weighted by molar-refractivity contribution is 5.43. The summed E-state index contributed by atoms with van der Waals surface area (Å²) in [4.78, 5) is 0. The Bertz CT molecular complexity index is 612. The fourth-order valence-corrected chi connectivity index (χ4v) is 2.59. The maximum Gasteiger partial charge on any atom is 0.0994 e. The van der Waals surface area contributed by atoms with Crippen molar-refractivity contribution in [2.24, 2.45) is 0 Å². The van der Waals surface area contributed by atoms with Gasteiger partial charge in [-0.05, 0) is 30.0 Å². The molecule has 0 spiro atoms. The van der Waals surface area contributed by atoms with Crippen LogP contribution in [0.4, 0.5) is 0 Å². The van der Waals surface area contributed by atoms with Crippen molar-refractivity contribution < 1.29 is 4.74 Å². The van der Waals surface area contributed by atoms with Crippen molar-refractivity contribution in [3.05, 3.63) is 53.3 Å². The van der Waals surface area contributed by atoms with Gasteiger partial charge in [-0.2, -0.15) is 10.4 Å². The second kappa shape index (κ2) is 7.61. The van der Waals surface area contributed by atoms with Gasteiger partial charge in [0.25, 0.3) is 0 Å². The summed E-state index contributed by atoms with van der Waals surface area (Å²) in [5, 5.41) is 13.7. The van der Waals surface area contributed by atoms with Crippen LogP contribution in [0.2, 0.25) is 0 Å². The van der Waals surface area contributed by atoms with Crippen LogP contribution < -0.4 is 0 Å². The van der Waals surface area contributed by atoms with Gasteiger partial charge in [0.15, 0.2) is 0 Å². The molecule has 0 aliphatic rings. The molecule has 0 bridgehead atoms. The van der Waals surface area contributed by atoms with Crippen LogP contribution in [0.15, 0.2) is 36.7 Å². The Morgan fingerprint density at radius 3 is 2.90 bits per heavy atom. The highest BCUT2D eigenvalue weighted by atomic mass is 16.5. The van der Waals surface area contributed by atoms with Crippen LogP contribution in [0.3, 0.4) is 0 Å². The zero-order chi connectivity index (χ0) is 15.1. The molecular formula is C17H21N3O. The first-order chi connectivity index (χ1) is 10.3. The largest absolute Gasteiger partial charge is 0.385 e. The molecule has 110 valence electrons. The van der Waals surface area contributed by atoms with Gasteiger partial charge in [0.05, 0.1) is 17.8 Å². The smallest absolute Gasteiger partial charge is 0.0994 e. The molecular weight excluding hydrogens is 262 g/mol. The summed E-state index contributed by atoms with van der Waals surface area (Å²) in [6.07, 6.45) is 5.89. The number of ether oxygens (including phenoxy) is 1. The number of aryl methyl sites for hydroxylation is 1. The number of nitriles is 1. The minimum Gasteiger partial charge on any atom is -0.385 e. The lowest BCUT2D eigenvalue weighted by Crippen LogP contribution is -2.03. The van der Waals surface area contributed by atoms with E-state index < -0.39 is 0 Å². The Balaban J connectivity index is 2.20. The minimum absolute atomic E-state index is 0.219.